The first-order valence-electron chi connectivity index (χ1n) is 9.67. The molecule has 0 atom stereocenters. The highest BCUT2D eigenvalue weighted by Crippen LogP contribution is 2.22. The van der Waals surface area contributed by atoms with E-state index in [-0.39, 0.29) is 5.97 Å². The summed E-state index contributed by atoms with van der Waals surface area (Å²) >= 11 is 0. The molecule has 3 aromatic rings. The third kappa shape index (κ3) is 6.65. The lowest BCUT2D eigenvalue weighted by Crippen LogP contribution is -2.22. The zero-order valence-corrected chi connectivity index (χ0v) is 17.1. The Morgan fingerprint density at radius 3 is 2.24 bits per heavy atom. The monoisotopic (exact) mass is 386 g/mol. The number of carbonyl (C=O) groups is 1. The average molecular weight is 386 g/mol. The van der Waals surface area contributed by atoms with E-state index in [4.69, 9.17) is 9.47 Å². The van der Waals surface area contributed by atoms with Crippen LogP contribution >= 0.6 is 0 Å². The number of hydrogen-bond acceptors (Lipinski definition) is 3. The van der Waals surface area contributed by atoms with Gasteiger partial charge in [0.25, 0.3) is 0 Å². The molecule has 3 aromatic carbocycles. The fourth-order valence-corrected chi connectivity index (χ4v) is 2.83. The predicted molar refractivity (Wildman–Crippen MR) is 118 cm³/mol. The molecule has 0 aromatic heterocycles. The van der Waals surface area contributed by atoms with Gasteiger partial charge in [-0.15, -0.1) is 0 Å². The van der Waals surface area contributed by atoms with Gasteiger partial charge in [-0.2, -0.15) is 0 Å². The Balaban J connectivity index is 1.58. The van der Waals surface area contributed by atoms with E-state index in [1.165, 1.54) is 11.6 Å². The van der Waals surface area contributed by atoms with Gasteiger partial charge in [-0.1, -0.05) is 60.7 Å². The van der Waals surface area contributed by atoms with Crippen LogP contribution in [0.3, 0.4) is 0 Å². The van der Waals surface area contributed by atoms with Crippen LogP contribution in [-0.2, 0) is 16.1 Å². The van der Waals surface area contributed by atoms with Crippen molar-refractivity contribution in [3.8, 4) is 16.9 Å². The first-order chi connectivity index (χ1) is 13.9. The SMILES string of the molecule is CC(C)(C)OC(=O)/C=C/c1cccc(COc2ccc(-c3ccccc3)cc2)c1. The second-order valence-corrected chi connectivity index (χ2v) is 7.79. The van der Waals surface area contributed by atoms with E-state index in [2.05, 4.69) is 24.3 Å². The molecule has 0 aliphatic heterocycles. The van der Waals surface area contributed by atoms with Crippen LogP contribution in [0, 0.1) is 0 Å². The van der Waals surface area contributed by atoms with Crippen molar-refractivity contribution < 1.29 is 14.3 Å². The van der Waals surface area contributed by atoms with Crippen molar-refractivity contribution in [2.24, 2.45) is 0 Å². The molecule has 3 heteroatoms. The lowest BCUT2D eigenvalue weighted by atomic mass is 10.1. The second kappa shape index (κ2) is 9.24. The summed E-state index contributed by atoms with van der Waals surface area (Å²) in [7, 11) is 0. The summed E-state index contributed by atoms with van der Waals surface area (Å²) < 4.78 is 11.2. The third-order valence-electron chi connectivity index (χ3n) is 4.14. The molecule has 0 N–H and O–H groups in total. The van der Waals surface area contributed by atoms with E-state index in [0.29, 0.717) is 6.61 Å². The summed E-state index contributed by atoms with van der Waals surface area (Å²) in [6.07, 6.45) is 3.21. The zero-order valence-electron chi connectivity index (χ0n) is 17.1. The normalized spacial score (nSPS) is 11.4. The van der Waals surface area contributed by atoms with Crippen molar-refractivity contribution in [2.75, 3.05) is 0 Å². The number of hydrogen-bond donors (Lipinski definition) is 0. The summed E-state index contributed by atoms with van der Waals surface area (Å²) in [4.78, 5) is 11.8. The van der Waals surface area contributed by atoms with Gasteiger partial charge >= 0.3 is 5.97 Å². The van der Waals surface area contributed by atoms with Crippen molar-refractivity contribution >= 4 is 12.0 Å². The molecule has 0 heterocycles. The maximum atomic E-state index is 11.8. The van der Waals surface area contributed by atoms with Crippen molar-refractivity contribution in [1.29, 1.82) is 0 Å². The van der Waals surface area contributed by atoms with Crippen molar-refractivity contribution in [3.63, 3.8) is 0 Å². The smallest absolute Gasteiger partial charge is 0.331 e. The number of carbonyl (C=O) groups excluding carboxylic acids is 1. The van der Waals surface area contributed by atoms with Crippen molar-refractivity contribution in [1.82, 2.24) is 0 Å². The third-order valence-corrected chi connectivity index (χ3v) is 4.14. The van der Waals surface area contributed by atoms with Gasteiger partial charge in [-0.05, 0) is 67.3 Å². The van der Waals surface area contributed by atoms with Crippen LogP contribution in [0.25, 0.3) is 17.2 Å². The molecule has 0 aliphatic rings. The lowest BCUT2D eigenvalue weighted by Gasteiger charge is -2.17. The van der Waals surface area contributed by atoms with E-state index < -0.39 is 5.60 Å². The zero-order chi connectivity index (χ0) is 20.7. The van der Waals surface area contributed by atoms with E-state index in [1.54, 1.807) is 6.08 Å². The fourth-order valence-electron chi connectivity index (χ4n) is 2.83. The Morgan fingerprint density at radius 2 is 1.55 bits per heavy atom. The minimum atomic E-state index is -0.493. The van der Waals surface area contributed by atoms with Gasteiger partial charge < -0.3 is 9.47 Å². The molecular weight excluding hydrogens is 360 g/mol. The summed E-state index contributed by atoms with van der Waals surface area (Å²) in [5.74, 6) is 0.469. The molecule has 0 saturated heterocycles. The van der Waals surface area contributed by atoms with Gasteiger partial charge in [-0.25, -0.2) is 4.79 Å². The highest BCUT2D eigenvalue weighted by atomic mass is 16.6. The summed E-state index contributed by atoms with van der Waals surface area (Å²) in [5.41, 5.74) is 3.81. The molecule has 148 valence electrons. The quantitative estimate of drug-likeness (QED) is 0.369. The van der Waals surface area contributed by atoms with Gasteiger partial charge in [0.05, 0.1) is 0 Å². The molecule has 0 unspecified atom stereocenters. The van der Waals surface area contributed by atoms with Gasteiger partial charge in [0.15, 0.2) is 0 Å². The van der Waals surface area contributed by atoms with Crippen LogP contribution in [0.15, 0.2) is 84.9 Å². The van der Waals surface area contributed by atoms with Crippen LogP contribution in [0.5, 0.6) is 5.75 Å². The molecule has 0 spiro atoms. The number of esters is 1. The Kier molecular flexibility index (Phi) is 6.50. The summed E-state index contributed by atoms with van der Waals surface area (Å²) in [6, 6.07) is 26.2. The molecule has 0 aliphatic carbocycles. The Hall–Kier alpha value is -3.33. The van der Waals surface area contributed by atoms with Gasteiger partial charge in [0, 0.05) is 6.08 Å². The van der Waals surface area contributed by atoms with E-state index in [0.717, 1.165) is 22.4 Å². The maximum Gasteiger partial charge on any atom is 0.331 e. The van der Waals surface area contributed by atoms with Crippen LogP contribution < -0.4 is 4.74 Å². The largest absolute Gasteiger partial charge is 0.489 e. The van der Waals surface area contributed by atoms with Crippen LogP contribution in [-0.4, -0.2) is 11.6 Å². The Bertz CT molecular complexity index is 965. The molecule has 0 radical (unpaired) electrons. The van der Waals surface area contributed by atoms with Crippen LogP contribution in [0.1, 0.15) is 31.9 Å². The van der Waals surface area contributed by atoms with E-state index >= 15 is 0 Å². The Morgan fingerprint density at radius 1 is 0.862 bits per heavy atom. The molecule has 0 bridgehead atoms. The number of ether oxygens (including phenoxy) is 2. The second-order valence-electron chi connectivity index (χ2n) is 7.79. The molecule has 29 heavy (non-hydrogen) atoms. The first kappa shape index (κ1) is 20.4. The van der Waals surface area contributed by atoms with Gasteiger partial charge in [-0.3, -0.25) is 0 Å². The molecule has 3 nitrogen and oxygen atoms in total. The molecule has 0 saturated carbocycles. The molecule has 0 fully saturated rings. The molecule has 3 rings (SSSR count). The maximum absolute atomic E-state index is 11.8. The van der Waals surface area contributed by atoms with E-state index in [9.17, 15) is 4.79 Å². The van der Waals surface area contributed by atoms with Crippen molar-refractivity contribution in [2.45, 2.75) is 33.0 Å². The predicted octanol–water partition coefficient (Wildman–Crippen LogP) is 6.29. The van der Waals surface area contributed by atoms with Gasteiger partial charge in [0.1, 0.15) is 18.0 Å². The topological polar surface area (TPSA) is 35.5 Å². The summed E-state index contributed by atoms with van der Waals surface area (Å²) in [6.45, 7) is 6.01. The number of benzene rings is 3. The standard InChI is InChI=1S/C26H26O3/c1-26(2,3)29-25(27)17-12-20-8-7-9-21(18-20)19-28-24-15-13-23(14-16-24)22-10-5-4-6-11-22/h4-18H,19H2,1-3H3/b17-12+. The van der Waals surface area contributed by atoms with Gasteiger partial charge in [0.2, 0.25) is 0 Å². The minimum absolute atomic E-state index is 0.349. The highest BCUT2D eigenvalue weighted by molar-refractivity contribution is 5.87. The summed E-state index contributed by atoms with van der Waals surface area (Å²) in [5, 5.41) is 0. The lowest BCUT2D eigenvalue weighted by molar-refractivity contribution is -0.148. The van der Waals surface area contributed by atoms with Crippen molar-refractivity contribution in [3.05, 3.63) is 96.1 Å². The average Bonchev–Trinajstić information content (AvgIpc) is 2.71. The first-order valence-corrected chi connectivity index (χ1v) is 9.67. The van der Waals surface area contributed by atoms with E-state index in [1.807, 2.05) is 75.4 Å². The number of rotatable bonds is 6. The molecular formula is C26H26O3. The Labute approximate surface area is 172 Å². The van der Waals surface area contributed by atoms with Crippen LogP contribution in [0.2, 0.25) is 0 Å². The minimum Gasteiger partial charge on any atom is -0.489 e. The molecule has 0 amide bonds. The van der Waals surface area contributed by atoms with Crippen LogP contribution in [0.4, 0.5) is 0 Å². The fraction of sp³-hybridized carbons (Fsp3) is 0.192. The highest BCUT2D eigenvalue weighted by Gasteiger charge is 2.13.